The van der Waals surface area contributed by atoms with E-state index in [1.54, 1.807) is 12.1 Å². The number of pyridine rings is 1. The molecule has 0 fully saturated rings. The number of non-ortho nitro benzene ring substituents is 1. The molecular formula is C24H20N2O2. The topological polar surface area (TPSA) is 56.0 Å². The molecule has 0 aliphatic heterocycles. The number of fused-ring (bicyclic) bond motifs is 5. The summed E-state index contributed by atoms with van der Waals surface area (Å²) in [6, 6.07) is 19.5. The van der Waals surface area contributed by atoms with Crippen molar-refractivity contribution < 1.29 is 4.92 Å². The summed E-state index contributed by atoms with van der Waals surface area (Å²) in [5, 5.41) is 14.8. The zero-order valence-electron chi connectivity index (χ0n) is 15.7. The molecule has 3 aromatic carbocycles. The highest BCUT2D eigenvalue weighted by molar-refractivity contribution is 6.09. The van der Waals surface area contributed by atoms with Crippen LogP contribution in [-0.4, -0.2) is 9.91 Å². The number of nitro benzene ring substituents is 1. The SMILES string of the molecule is C[C@H]1CCc2c(c(-c3ccc([N+](=O)[O-])cc3)nc3ccc4ccccc4c23)C1. The third kappa shape index (κ3) is 2.64. The number of aromatic nitrogens is 1. The average molecular weight is 368 g/mol. The maximum Gasteiger partial charge on any atom is 0.269 e. The lowest BCUT2D eigenvalue weighted by atomic mass is 9.80. The molecule has 4 nitrogen and oxygen atoms in total. The van der Waals surface area contributed by atoms with E-state index in [0.717, 1.165) is 29.6 Å². The van der Waals surface area contributed by atoms with Gasteiger partial charge < -0.3 is 0 Å². The maximum absolute atomic E-state index is 11.0. The first kappa shape index (κ1) is 16.9. The third-order valence-electron chi connectivity index (χ3n) is 5.88. The normalized spacial score (nSPS) is 16.2. The van der Waals surface area contributed by atoms with Crippen molar-refractivity contribution in [2.45, 2.75) is 26.2 Å². The Morgan fingerprint density at radius 3 is 2.57 bits per heavy atom. The second-order valence-corrected chi connectivity index (χ2v) is 7.75. The summed E-state index contributed by atoms with van der Waals surface area (Å²) in [6.45, 7) is 2.29. The van der Waals surface area contributed by atoms with E-state index in [9.17, 15) is 10.1 Å². The zero-order valence-corrected chi connectivity index (χ0v) is 15.7. The van der Waals surface area contributed by atoms with Crippen molar-refractivity contribution in [1.29, 1.82) is 0 Å². The summed E-state index contributed by atoms with van der Waals surface area (Å²) in [5.41, 5.74) is 5.73. The number of aryl methyl sites for hydroxylation is 1. The Hall–Kier alpha value is -3.27. The van der Waals surface area contributed by atoms with E-state index in [4.69, 9.17) is 4.98 Å². The molecule has 1 aliphatic rings. The van der Waals surface area contributed by atoms with Gasteiger partial charge in [0.25, 0.3) is 5.69 Å². The maximum atomic E-state index is 11.0. The molecule has 0 unspecified atom stereocenters. The van der Waals surface area contributed by atoms with Crippen molar-refractivity contribution >= 4 is 27.4 Å². The first-order chi connectivity index (χ1) is 13.6. The second kappa shape index (κ2) is 6.41. The Bertz CT molecular complexity index is 1230. The Balaban J connectivity index is 1.81. The fourth-order valence-corrected chi connectivity index (χ4v) is 4.47. The molecule has 4 heteroatoms. The molecule has 0 amide bonds. The van der Waals surface area contributed by atoms with Gasteiger partial charge in [0.05, 0.1) is 16.1 Å². The predicted octanol–water partition coefficient (Wildman–Crippen LogP) is 6.09. The van der Waals surface area contributed by atoms with Crippen molar-refractivity contribution in [3.8, 4) is 11.3 Å². The lowest BCUT2D eigenvalue weighted by molar-refractivity contribution is -0.384. The summed E-state index contributed by atoms with van der Waals surface area (Å²) < 4.78 is 0. The standard InChI is InChI=1S/C24H20N2O2/c1-15-6-12-20-21(14-15)24(17-7-10-18(11-8-17)26(27)28)25-22-13-9-16-4-2-3-5-19(16)23(20)22/h2-5,7-11,13,15H,6,12,14H2,1H3/t15-/m0/s1. The molecule has 0 N–H and O–H groups in total. The van der Waals surface area contributed by atoms with Crippen LogP contribution >= 0.6 is 0 Å². The van der Waals surface area contributed by atoms with Crippen LogP contribution in [0.15, 0.2) is 60.7 Å². The Kier molecular flexibility index (Phi) is 3.86. The van der Waals surface area contributed by atoms with Crippen LogP contribution in [0.5, 0.6) is 0 Å². The lowest BCUT2D eigenvalue weighted by Gasteiger charge is -2.26. The van der Waals surface area contributed by atoms with Gasteiger partial charge in [0.1, 0.15) is 0 Å². The van der Waals surface area contributed by atoms with Gasteiger partial charge in [-0.1, -0.05) is 37.3 Å². The monoisotopic (exact) mass is 368 g/mol. The Morgan fingerprint density at radius 1 is 1.00 bits per heavy atom. The van der Waals surface area contributed by atoms with Gasteiger partial charge >= 0.3 is 0 Å². The molecule has 1 atom stereocenters. The molecule has 138 valence electrons. The van der Waals surface area contributed by atoms with Crippen LogP contribution in [0.2, 0.25) is 0 Å². The van der Waals surface area contributed by atoms with Gasteiger partial charge in [-0.15, -0.1) is 0 Å². The van der Waals surface area contributed by atoms with Gasteiger partial charge in [-0.25, -0.2) is 4.98 Å². The number of nitro groups is 1. The predicted molar refractivity (Wildman–Crippen MR) is 113 cm³/mol. The molecule has 0 bridgehead atoms. The minimum Gasteiger partial charge on any atom is -0.258 e. The van der Waals surface area contributed by atoms with Gasteiger partial charge in [0, 0.05) is 23.1 Å². The molecular weight excluding hydrogens is 348 g/mol. The van der Waals surface area contributed by atoms with Gasteiger partial charge in [0.2, 0.25) is 0 Å². The highest BCUT2D eigenvalue weighted by Gasteiger charge is 2.24. The van der Waals surface area contributed by atoms with E-state index >= 15 is 0 Å². The van der Waals surface area contributed by atoms with Gasteiger partial charge in [-0.3, -0.25) is 10.1 Å². The van der Waals surface area contributed by atoms with Crippen molar-refractivity contribution in [1.82, 2.24) is 4.98 Å². The minimum absolute atomic E-state index is 0.109. The van der Waals surface area contributed by atoms with Crippen LogP contribution in [0.4, 0.5) is 5.69 Å². The molecule has 0 radical (unpaired) electrons. The highest BCUT2D eigenvalue weighted by atomic mass is 16.6. The molecule has 0 spiro atoms. The first-order valence-electron chi connectivity index (χ1n) is 9.70. The van der Waals surface area contributed by atoms with E-state index < -0.39 is 0 Å². The molecule has 4 aromatic rings. The molecule has 0 saturated carbocycles. The molecule has 28 heavy (non-hydrogen) atoms. The molecule has 1 aliphatic carbocycles. The third-order valence-corrected chi connectivity index (χ3v) is 5.88. The molecule has 5 rings (SSSR count). The number of rotatable bonds is 2. The molecule has 1 heterocycles. The Morgan fingerprint density at radius 2 is 1.79 bits per heavy atom. The van der Waals surface area contributed by atoms with E-state index in [1.165, 1.54) is 33.7 Å². The van der Waals surface area contributed by atoms with Gasteiger partial charge in [-0.2, -0.15) is 0 Å². The average Bonchev–Trinajstić information content (AvgIpc) is 2.72. The zero-order chi connectivity index (χ0) is 19.3. The summed E-state index contributed by atoms with van der Waals surface area (Å²) in [4.78, 5) is 15.7. The van der Waals surface area contributed by atoms with Crippen LogP contribution in [0.1, 0.15) is 24.5 Å². The summed E-state index contributed by atoms with van der Waals surface area (Å²) in [6.07, 6.45) is 3.21. The van der Waals surface area contributed by atoms with Crippen molar-refractivity contribution in [2.75, 3.05) is 0 Å². The van der Waals surface area contributed by atoms with E-state index in [2.05, 4.69) is 43.3 Å². The second-order valence-electron chi connectivity index (χ2n) is 7.75. The number of nitrogens with zero attached hydrogens (tertiary/aromatic N) is 2. The van der Waals surface area contributed by atoms with Crippen molar-refractivity contribution in [2.24, 2.45) is 5.92 Å². The fraction of sp³-hybridized carbons (Fsp3) is 0.208. The summed E-state index contributed by atoms with van der Waals surface area (Å²) in [7, 11) is 0. The fourth-order valence-electron chi connectivity index (χ4n) is 4.47. The lowest BCUT2D eigenvalue weighted by Crippen LogP contribution is -2.14. The van der Waals surface area contributed by atoms with Crippen LogP contribution in [-0.2, 0) is 12.8 Å². The number of benzene rings is 3. The van der Waals surface area contributed by atoms with E-state index in [1.807, 2.05) is 12.1 Å². The minimum atomic E-state index is -0.360. The van der Waals surface area contributed by atoms with Crippen molar-refractivity contribution in [3.05, 3.63) is 81.9 Å². The van der Waals surface area contributed by atoms with Crippen LogP contribution in [0.3, 0.4) is 0 Å². The molecule has 0 saturated heterocycles. The van der Waals surface area contributed by atoms with E-state index in [0.29, 0.717) is 5.92 Å². The first-order valence-corrected chi connectivity index (χ1v) is 9.70. The van der Waals surface area contributed by atoms with Crippen LogP contribution in [0.25, 0.3) is 32.9 Å². The number of hydrogen-bond donors (Lipinski definition) is 0. The highest BCUT2D eigenvalue weighted by Crippen LogP contribution is 2.39. The molecule has 1 aromatic heterocycles. The number of hydrogen-bond acceptors (Lipinski definition) is 3. The summed E-state index contributed by atoms with van der Waals surface area (Å²) >= 11 is 0. The quantitative estimate of drug-likeness (QED) is 0.244. The van der Waals surface area contributed by atoms with Gasteiger partial charge in [0.15, 0.2) is 0 Å². The van der Waals surface area contributed by atoms with E-state index in [-0.39, 0.29) is 10.6 Å². The van der Waals surface area contributed by atoms with Crippen molar-refractivity contribution in [3.63, 3.8) is 0 Å². The van der Waals surface area contributed by atoms with Gasteiger partial charge in [-0.05, 0) is 65.3 Å². The largest absolute Gasteiger partial charge is 0.269 e. The van der Waals surface area contributed by atoms with Crippen LogP contribution < -0.4 is 0 Å². The Labute approximate surface area is 163 Å². The smallest absolute Gasteiger partial charge is 0.258 e. The van der Waals surface area contributed by atoms with Crippen LogP contribution in [0, 0.1) is 16.0 Å². The summed E-state index contributed by atoms with van der Waals surface area (Å²) in [5.74, 6) is 0.610.